The highest BCUT2D eigenvalue weighted by Gasteiger charge is 2.41. The number of nitrogens with one attached hydrogen (secondary N) is 1. The van der Waals surface area contributed by atoms with Crippen LogP contribution in [0.15, 0.2) is 42.7 Å². The maximum atomic E-state index is 13.5. The number of pyridine rings is 1. The molecule has 3 aromatic rings. The smallest absolute Gasteiger partial charge is 0.243 e. The van der Waals surface area contributed by atoms with Crippen LogP contribution in [0.4, 0.5) is 0 Å². The zero-order chi connectivity index (χ0) is 27.4. The molecule has 2 aliphatic rings. The van der Waals surface area contributed by atoms with Crippen molar-refractivity contribution in [2.24, 2.45) is 18.7 Å². The molecule has 11 nitrogen and oxygen atoms in total. The van der Waals surface area contributed by atoms with E-state index in [2.05, 4.69) is 20.6 Å². The van der Waals surface area contributed by atoms with E-state index in [1.165, 1.54) is 0 Å². The van der Waals surface area contributed by atoms with Crippen molar-refractivity contribution in [3.05, 3.63) is 53.9 Å². The number of carbonyl (C=O) groups excluding carboxylic acids is 3. The van der Waals surface area contributed by atoms with Crippen LogP contribution >= 0.6 is 0 Å². The van der Waals surface area contributed by atoms with Crippen molar-refractivity contribution in [2.45, 2.75) is 57.2 Å². The molecule has 2 fully saturated rings. The molecule has 39 heavy (non-hydrogen) atoms. The second-order valence-corrected chi connectivity index (χ2v) is 10.7. The summed E-state index contributed by atoms with van der Waals surface area (Å²) in [6, 6.07) is 8.23. The number of carbonyl (C=O) groups is 3. The maximum absolute atomic E-state index is 13.5. The third-order valence-corrected chi connectivity index (χ3v) is 7.83. The minimum absolute atomic E-state index is 0.0436. The minimum atomic E-state index is -0.828. The van der Waals surface area contributed by atoms with Gasteiger partial charge in [0.1, 0.15) is 11.6 Å². The van der Waals surface area contributed by atoms with Crippen molar-refractivity contribution in [3.63, 3.8) is 0 Å². The molecule has 3 amide bonds. The molecule has 11 heteroatoms. The number of rotatable bonds is 9. The molecule has 0 aliphatic carbocycles. The van der Waals surface area contributed by atoms with Crippen molar-refractivity contribution in [3.8, 4) is 0 Å². The van der Waals surface area contributed by atoms with E-state index >= 15 is 0 Å². The Morgan fingerprint density at radius 1 is 1.10 bits per heavy atom. The molecule has 206 valence electrons. The first-order valence-corrected chi connectivity index (χ1v) is 13.7. The highest BCUT2D eigenvalue weighted by Crippen LogP contribution is 2.28. The van der Waals surface area contributed by atoms with Gasteiger partial charge in [-0.25, -0.2) is 4.68 Å². The fraction of sp³-hybridized carbons (Fsp3) is 0.500. The molecule has 2 aromatic heterocycles. The number of aryl methyl sites for hydroxylation is 1. The Morgan fingerprint density at radius 3 is 2.64 bits per heavy atom. The summed E-state index contributed by atoms with van der Waals surface area (Å²) in [6.45, 7) is 2.31. The van der Waals surface area contributed by atoms with Crippen LogP contribution in [0, 0.1) is 5.92 Å². The van der Waals surface area contributed by atoms with Gasteiger partial charge in [-0.05, 0) is 73.4 Å². The maximum Gasteiger partial charge on any atom is 0.243 e. The van der Waals surface area contributed by atoms with Gasteiger partial charge in [0, 0.05) is 52.0 Å². The van der Waals surface area contributed by atoms with E-state index in [0.717, 1.165) is 54.5 Å². The van der Waals surface area contributed by atoms with Crippen LogP contribution in [0.2, 0.25) is 0 Å². The van der Waals surface area contributed by atoms with E-state index in [1.54, 1.807) is 22.0 Å². The molecule has 0 saturated carbocycles. The van der Waals surface area contributed by atoms with Gasteiger partial charge < -0.3 is 20.9 Å². The second kappa shape index (κ2) is 11.9. The van der Waals surface area contributed by atoms with Crippen LogP contribution in [0.25, 0.3) is 11.0 Å². The largest absolute Gasteiger partial charge is 0.350 e. The van der Waals surface area contributed by atoms with Crippen LogP contribution in [-0.2, 0) is 34.4 Å². The molecular weight excluding hydrogens is 496 g/mol. The van der Waals surface area contributed by atoms with Crippen molar-refractivity contribution in [1.29, 1.82) is 0 Å². The number of fused-ring (bicyclic) bond motifs is 1. The average Bonchev–Trinajstić information content (AvgIpc) is 3.71. The fourth-order valence-corrected chi connectivity index (χ4v) is 5.66. The highest BCUT2D eigenvalue weighted by atomic mass is 16.2. The summed E-state index contributed by atoms with van der Waals surface area (Å²) in [7, 11) is 1.83. The van der Waals surface area contributed by atoms with Crippen molar-refractivity contribution < 1.29 is 14.4 Å². The number of benzene rings is 1. The van der Waals surface area contributed by atoms with Crippen LogP contribution in [-0.4, -0.2) is 79.2 Å². The number of likely N-dealkylation sites (tertiary alicyclic amines) is 2. The monoisotopic (exact) mass is 532 g/mol. The zero-order valence-electron chi connectivity index (χ0n) is 22.3. The molecule has 2 aliphatic heterocycles. The molecule has 5 rings (SSSR count). The van der Waals surface area contributed by atoms with Crippen LogP contribution in [0.1, 0.15) is 43.2 Å². The van der Waals surface area contributed by atoms with E-state index in [-0.39, 0.29) is 36.5 Å². The summed E-state index contributed by atoms with van der Waals surface area (Å²) in [5, 5.41) is 11.2. The number of nitrogens with zero attached hydrogens (tertiary/aromatic N) is 6. The number of amides is 3. The van der Waals surface area contributed by atoms with Crippen LogP contribution < -0.4 is 11.1 Å². The van der Waals surface area contributed by atoms with E-state index in [4.69, 9.17) is 5.73 Å². The minimum Gasteiger partial charge on any atom is -0.350 e. The number of aromatic nitrogens is 4. The van der Waals surface area contributed by atoms with Crippen LogP contribution in [0.3, 0.4) is 0 Å². The molecule has 1 aromatic carbocycles. The van der Waals surface area contributed by atoms with Gasteiger partial charge in [0.25, 0.3) is 0 Å². The Hall–Kier alpha value is -3.86. The van der Waals surface area contributed by atoms with Crippen molar-refractivity contribution >= 4 is 28.8 Å². The lowest BCUT2D eigenvalue weighted by Gasteiger charge is -2.27. The van der Waals surface area contributed by atoms with Gasteiger partial charge in [0.2, 0.25) is 17.7 Å². The van der Waals surface area contributed by atoms with Crippen LogP contribution in [0.5, 0.6) is 0 Å². The first-order valence-electron chi connectivity index (χ1n) is 13.7. The summed E-state index contributed by atoms with van der Waals surface area (Å²) < 4.78 is 1.70. The van der Waals surface area contributed by atoms with Gasteiger partial charge in [-0.3, -0.25) is 19.4 Å². The molecule has 0 unspecified atom stereocenters. The normalized spacial score (nSPS) is 19.9. The van der Waals surface area contributed by atoms with E-state index < -0.39 is 12.1 Å². The highest BCUT2D eigenvalue weighted by molar-refractivity contribution is 5.90. The molecule has 3 N–H and O–H groups in total. The predicted octanol–water partition coefficient (Wildman–Crippen LogP) is 1.17. The first kappa shape index (κ1) is 26.7. The summed E-state index contributed by atoms with van der Waals surface area (Å²) in [4.78, 5) is 46.9. The summed E-state index contributed by atoms with van der Waals surface area (Å²) in [6.07, 6.45) is 7.33. The molecule has 3 atom stereocenters. The predicted molar refractivity (Wildman–Crippen MR) is 145 cm³/mol. The lowest BCUT2D eigenvalue weighted by Crippen LogP contribution is -2.51. The standard InChI is InChI=1S/C28H36N8O3/c1-34-24-6-4-20(15-23(24)32-33-34)17-31-27(38)25-16-21(14-19-8-10-30-11-9-19)18-36(25)28(39)22(29)5-7-26(37)35-12-2-3-13-35/h4,6,8-11,15,21-22,25H,2-3,5,7,12-14,16-18,29H2,1H3,(H,31,38)/t21-,22-,25+/m1/s1. The Labute approximate surface area is 227 Å². The topological polar surface area (TPSA) is 139 Å². The van der Waals surface area contributed by atoms with Crippen molar-refractivity contribution in [2.75, 3.05) is 19.6 Å². The number of hydrogen-bond acceptors (Lipinski definition) is 7. The summed E-state index contributed by atoms with van der Waals surface area (Å²) >= 11 is 0. The number of hydrogen-bond donors (Lipinski definition) is 2. The quantitative estimate of drug-likeness (QED) is 0.422. The van der Waals surface area contributed by atoms with Gasteiger partial charge in [0.05, 0.1) is 11.6 Å². The second-order valence-electron chi connectivity index (χ2n) is 10.7. The summed E-state index contributed by atoms with van der Waals surface area (Å²) in [5.41, 5.74) is 9.99. The zero-order valence-corrected chi connectivity index (χ0v) is 22.3. The molecule has 2 saturated heterocycles. The van der Waals surface area contributed by atoms with Gasteiger partial charge in [-0.1, -0.05) is 11.3 Å². The lowest BCUT2D eigenvalue weighted by atomic mass is 9.97. The number of nitrogens with two attached hydrogens (primary N) is 1. The third kappa shape index (κ3) is 6.25. The van der Waals surface area contributed by atoms with Gasteiger partial charge in [-0.2, -0.15) is 0 Å². The Balaban J connectivity index is 1.24. The van der Waals surface area contributed by atoms with E-state index in [9.17, 15) is 14.4 Å². The Morgan fingerprint density at radius 2 is 1.87 bits per heavy atom. The Bertz CT molecular complexity index is 1320. The molecule has 0 bridgehead atoms. The van der Waals surface area contributed by atoms with Gasteiger partial charge in [0.15, 0.2) is 0 Å². The van der Waals surface area contributed by atoms with Gasteiger partial charge in [-0.15, -0.1) is 5.10 Å². The van der Waals surface area contributed by atoms with Gasteiger partial charge >= 0.3 is 0 Å². The average molecular weight is 533 g/mol. The molecule has 0 spiro atoms. The molecule has 0 radical (unpaired) electrons. The van der Waals surface area contributed by atoms with E-state index in [1.807, 2.05) is 42.3 Å². The SMILES string of the molecule is Cn1nnc2cc(CNC(=O)[C@@H]3C[C@@H](Cc4ccncc4)CN3C(=O)[C@H](N)CCC(=O)N3CCCC3)ccc21. The van der Waals surface area contributed by atoms with E-state index in [0.29, 0.717) is 19.5 Å². The fourth-order valence-electron chi connectivity index (χ4n) is 5.66. The summed E-state index contributed by atoms with van der Waals surface area (Å²) in [5.74, 6) is -0.327. The molecular formula is C28H36N8O3. The third-order valence-electron chi connectivity index (χ3n) is 7.83. The lowest BCUT2D eigenvalue weighted by molar-refractivity contribution is -0.140. The molecule has 4 heterocycles. The Kier molecular flexibility index (Phi) is 8.16. The first-order chi connectivity index (χ1) is 18.9. The van der Waals surface area contributed by atoms with Crippen molar-refractivity contribution in [1.82, 2.24) is 35.1 Å².